The van der Waals surface area contributed by atoms with Crippen LogP contribution in [0.2, 0.25) is 0 Å². The molecule has 0 fully saturated rings. The zero-order valence-corrected chi connectivity index (χ0v) is 16.9. The second-order valence-corrected chi connectivity index (χ2v) is 7.51. The third-order valence-corrected chi connectivity index (χ3v) is 5.39. The Morgan fingerprint density at radius 1 is 1.00 bits per heavy atom. The molecule has 1 heterocycles. The van der Waals surface area contributed by atoms with E-state index < -0.39 is 0 Å². The van der Waals surface area contributed by atoms with Crippen LogP contribution in [0.1, 0.15) is 15.9 Å². The molecule has 0 aliphatic rings. The molecule has 4 nitrogen and oxygen atoms in total. The van der Waals surface area contributed by atoms with Gasteiger partial charge in [-0.3, -0.25) is 9.48 Å². The molecule has 0 saturated heterocycles. The first-order valence-electron chi connectivity index (χ1n) is 9.34. The van der Waals surface area contributed by atoms with E-state index in [0.29, 0.717) is 5.56 Å². The SMILES string of the molecule is CSc1cccc(NC(=O)c2ccccc2-c2ccc(Cn3cccn3)cc2)c1. The van der Waals surface area contributed by atoms with Crippen molar-refractivity contribution >= 4 is 23.4 Å². The van der Waals surface area contributed by atoms with Gasteiger partial charge in [0.05, 0.1) is 6.54 Å². The van der Waals surface area contributed by atoms with E-state index in [2.05, 4.69) is 34.7 Å². The number of nitrogens with zero attached hydrogens (tertiary/aromatic N) is 2. The molecule has 144 valence electrons. The fourth-order valence-electron chi connectivity index (χ4n) is 3.20. The first-order valence-corrected chi connectivity index (χ1v) is 10.6. The topological polar surface area (TPSA) is 46.9 Å². The smallest absolute Gasteiger partial charge is 0.256 e. The van der Waals surface area contributed by atoms with Crippen LogP contribution in [0.3, 0.4) is 0 Å². The van der Waals surface area contributed by atoms with Crippen molar-refractivity contribution < 1.29 is 4.79 Å². The van der Waals surface area contributed by atoms with Crippen molar-refractivity contribution in [2.75, 3.05) is 11.6 Å². The maximum absolute atomic E-state index is 13.0. The van der Waals surface area contributed by atoms with Gasteiger partial charge in [0.15, 0.2) is 0 Å². The number of hydrogen-bond acceptors (Lipinski definition) is 3. The Hall–Kier alpha value is -3.31. The van der Waals surface area contributed by atoms with E-state index in [4.69, 9.17) is 0 Å². The van der Waals surface area contributed by atoms with E-state index in [9.17, 15) is 4.79 Å². The maximum Gasteiger partial charge on any atom is 0.256 e. The molecule has 0 spiro atoms. The van der Waals surface area contributed by atoms with Crippen LogP contribution in [-0.2, 0) is 6.54 Å². The molecule has 5 heteroatoms. The number of hydrogen-bond donors (Lipinski definition) is 1. The van der Waals surface area contributed by atoms with E-state index in [0.717, 1.165) is 33.8 Å². The molecule has 0 aliphatic heterocycles. The molecule has 1 N–H and O–H groups in total. The molecular formula is C24H21N3OS. The summed E-state index contributed by atoms with van der Waals surface area (Å²) in [6, 6.07) is 25.7. The number of aromatic nitrogens is 2. The zero-order valence-electron chi connectivity index (χ0n) is 16.1. The van der Waals surface area contributed by atoms with Crippen LogP contribution in [-0.4, -0.2) is 21.9 Å². The standard InChI is InChI=1S/C24H21N3OS/c1-29-21-7-4-6-20(16-21)26-24(28)23-9-3-2-8-22(23)19-12-10-18(11-13-19)17-27-15-5-14-25-27/h2-16H,17H2,1H3,(H,26,28). The van der Waals surface area contributed by atoms with Gasteiger partial charge < -0.3 is 5.32 Å². The fourth-order valence-corrected chi connectivity index (χ4v) is 3.66. The normalized spacial score (nSPS) is 10.7. The molecule has 4 rings (SSSR count). The maximum atomic E-state index is 13.0. The van der Waals surface area contributed by atoms with Crippen molar-refractivity contribution in [1.29, 1.82) is 0 Å². The lowest BCUT2D eigenvalue weighted by Crippen LogP contribution is -2.13. The Morgan fingerprint density at radius 2 is 1.83 bits per heavy atom. The van der Waals surface area contributed by atoms with E-state index in [1.807, 2.05) is 71.7 Å². The first-order chi connectivity index (χ1) is 14.2. The zero-order chi connectivity index (χ0) is 20.1. The van der Waals surface area contributed by atoms with Crippen molar-refractivity contribution in [1.82, 2.24) is 9.78 Å². The Kier molecular flexibility index (Phi) is 5.77. The summed E-state index contributed by atoms with van der Waals surface area (Å²) < 4.78 is 1.89. The summed E-state index contributed by atoms with van der Waals surface area (Å²) in [7, 11) is 0. The Morgan fingerprint density at radius 3 is 2.59 bits per heavy atom. The molecule has 4 aromatic rings. The predicted octanol–water partition coefficient (Wildman–Crippen LogP) is 5.57. The molecule has 0 bridgehead atoms. The molecule has 0 aliphatic carbocycles. The minimum Gasteiger partial charge on any atom is -0.322 e. The van der Waals surface area contributed by atoms with Gasteiger partial charge in [-0.1, -0.05) is 48.5 Å². The molecule has 0 unspecified atom stereocenters. The summed E-state index contributed by atoms with van der Waals surface area (Å²) in [5.41, 5.74) is 4.54. The van der Waals surface area contributed by atoms with E-state index >= 15 is 0 Å². The van der Waals surface area contributed by atoms with Crippen LogP contribution in [0.15, 0.2) is 96.2 Å². The minimum absolute atomic E-state index is 0.112. The van der Waals surface area contributed by atoms with Gasteiger partial charge in [0, 0.05) is 28.5 Å². The van der Waals surface area contributed by atoms with Crippen LogP contribution in [0.25, 0.3) is 11.1 Å². The van der Waals surface area contributed by atoms with Crippen molar-refractivity contribution in [2.45, 2.75) is 11.4 Å². The molecule has 1 amide bonds. The van der Waals surface area contributed by atoms with E-state index in [-0.39, 0.29) is 5.91 Å². The van der Waals surface area contributed by atoms with Crippen LogP contribution in [0.4, 0.5) is 5.69 Å². The number of nitrogens with one attached hydrogen (secondary N) is 1. The molecular weight excluding hydrogens is 378 g/mol. The Balaban J connectivity index is 1.56. The summed E-state index contributed by atoms with van der Waals surface area (Å²) in [5.74, 6) is -0.112. The number of carbonyl (C=O) groups excluding carboxylic acids is 1. The highest BCUT2D eigenvalue weighted by atomic mass is 32.2. The van der Waals surface area contributed by atoms with Gasteiger partial charge in [0.2, 0.25) is 0 Å². The number of benzene rings is 3. The highest BCUT2D eigenvalue weighted by Crippen LogP contribution is 2.26. The largest absolute Gasteiger partial charge is 0.322 e. The van der Waals surface area contributed by atoms with Gasteiger partial charge in [0.1, 0.15) is 0 Å². The number of carbonyl (C=O) groups is 1. The first kappa shape index (κ1) is 19.0. The van der Waals surface area contributed by atoms with Crippen molar-refractivity contribution in [2.24, 2.45) is 0 Å². The highest BCUT2D eigenvalue weighted by Gasteiger charge is 2.13. The Bertz CT molecular complexity index is 1110. The lowest BCUT2D eigenvalue weighted by molar-refractivity contribution is 0.102. The molecule has 3 aromatic carbocycles. The van der Waals surface area contributed by atoms with Crippen LogP contribution in [0, 0.1) is 0 Å². The Labute approximate surface area is 174 Å². The van der Waals surface area contributed by atoms with Gasteiger partial charge in [-0.15, -0.1) is 11.8 Å². The van der Waals surface area contributed by atoms with Crippen molar-refractivity contribution in [3.63, 3.8) is 0 Å². The lowest BCUT2D eigenvalue weighted by Gasteiger charge is -2.12. The summed E-state index contributed by atoms with van der Waals surface area (Å²) in [5, 5.41) is 7.26. The third kappa shape index (κ3) is 4.58. The lowest BCUT2D eigenvalue weighted by atomic mass is 9.98. The highest BCUT2D eigenvalue weighted by molar-refractivity contribution is 7.98. The molecule has 1 aromatic heterocycles. The van der Waals surface area contributed by atoms with E-state index in [1.54, 1.807) is 18.0 Å². The minimum atomic E-state index is -0.112. The summed E-state index contributed by atoms with van der Waals surface area (Å²) in [6.07, 6.45) is 5.74. The number of rotatable bonds is 6. The van der Waals surface area contributed by atoms with Gasteiger partial charge in [-0.05, 0) is 53.3 Å². The summed E-state index contributed by atoms with van der Waals surface area (Å²) in [4.78, 5) is 14.1. The van der Waals surface area contributed by atoms with Crippen LogP contribution < -0.4 is 5.32 Å². The number of anilines is 1. The third-order valence-electron chi connectivity index (χ3n) is 4.67. The predicted molar refractivity (Wildman–Crippen MR) is 119 cm³/mol. The summed E-state index contributed by atoms with van der Waals surface area (Å²) in [6.45, 7) is 0.723. The average Bonchev–Trinajstić information content (AvgIpc) is 3.27. The quantitative estimate of drug-likeness (QED) is 0.431. The number of amides is 1. The second kappa shape index (κ2) is 8.80. The van der Waals surface area contributed by atoms with Gasteiger partial charge in [0.25, 0.3) is 5.91 Å². The molecule has 0 radical (unpaired) electrons. The molecule has 29 heavy (non-hydrogen) atoms. The molecule has 0 saturated carbocycles. The van der Waals surface area contributed by atoms with Gasteiger partial charge >= 0.3 is 0 Å². The van der Waals surface area contributed by atoms with Crippen molar-refractivity contribution in [3.8, 4) is 11.1 Å². The van der Waals surface area contributed by atoms with Gasteiger partial charge in [-0.25, -0.2) is 0 Å². The number of thioether (sulfide) groups is 1. The van der Waals surface area contributed by atoms with E-state index in [1.165, 1.54) is 0 Å². The van der Waals surface area contributed by atoms with Crippen molar-refractivity contribution in [3.05, 3.63) is 102 Å². The van der Waals surface area contributed by atoms with Crippen LogP contribution in [0.5, 0.6) is 0 Å². The van der Waals surface area contributed by atoms with Crippen LogP contribution >= 0.6 is 11.8 Å². The monoisotopic (exact) mass is 399 g/mol. The second-order valence-electron chi connectivity index (χ2n) is 6.63. The molecule has 0 atom stereocenters. The van der Waals surface area contributed by atoms with Gasteiger partial charge in [-0.2, -0.15) is 5.10 Å². The average molecular weight is 400 g/mol. The summed E-state index contributed by atoms with van der Waals surface area (Å²) >= 11 is 1.65. The fraction of sp³-hybridized carbons (Fsp3) is 0.0833.